The molecule has 2 aliphatic heterocycles. The van der Waals surface area contributed by atoms with E-state index in [4.69, 9.17) is 14.2 Å². The third-order valence-electron chi connectivity index (χ3n) is 2.68. The zero-order valence-electron chi connectivity index (χ0n) is 8.86. The van der Waals surface area contributed by atoms with Crippen LogP contribution in [0.2, 0.25) is 0 Å². The molecule has 0 saturated heterocycles. The molecule has 86 valence electrons. The predicted molar refractivity (Wildman–Crippen MR) is 62.5 cm³/mol. The highest BCUT2D eigenvalue weighted by molar-refractivity contribution is 5.89. The second-order valence-corrected chi connectivity index (χ2v) is 3.50. The Morgan fingerprint density at radius 2 is 2.25 bits per heavy atom. The number of methoxy groups -OCH3 is 1. The van der Waals surface area contributed by atoms with E-state index in [2.05, 4.69) is 4.99 Å². The van der Waals surface area contributed by atoms with E-state index in [1.165, 1.54) is 5.56 Å². The number of halogens is 1. The number of benzene rings is 1. The van der Waals surface area contributed by atoms with Gasteiger partial charge in [0.25, 0.3) is 0 Å². The third-order valence-corrected chi connectivity index (χ3v) is 2.68. The summed E-state index contributed by atoms with van der Waals surface area (Å²) in [5.74, 6) is 2.22. The first-order chi connectivity index (χ1) is 7.40. The van der Waals surface area contributed by atoms with Crippen LogP contribution in [0.5, 0.6) is 17.2 Å². The van der Waals surface area contributed by atoms with E-state index in [9.17, 15) is 0 Å². The van der Waals surface area contributed by atoms with E-state index in [1.54, 1.807) is 7.11 Å². The zero-order valence-corrected chi connectivity index (χ0v) is 9.67. The average Bonchev–Trinajstić information content (AvgIpc) is 2.73. The van der Waals surface area contributed by atoms with Gasteiger partial charge in [-0.15, -0.1) is 12.4 Å². The normalized spacial score (nSPS) is 15.3. The molecule has 0 radical (unpaired) electrons. The number of hydrogen-bond acceptors (Lipinski definition) is 4. The van der Waals surface area contributed by atoms with Gasteiger partial charge in [0.15, 0.2) is 11.5 Å². The molecular weight excluding hydrogens is 230 g/mol. The van der Waals surface area contributed by atoms with E-state index in [0.717, 1.165) is 30.0 Å². The van der Waals surface area contributed by atoms with Crippen LogP contribution in [0.15, 0.2) is 11.1 Å². The molecule has 0 bridgehead atoms. The average molecular weight is 242 g/mol. The van der Waals surface area contributed by atoms with Crippen LogP contribution in [0.3, 0.4) is 0 Å². The minimum atomic E-state index is 0. The molecule has 0 aliphatic carbocycles. The molecule has 1 aromatic carbocycles. The van der Waals surface area contributed by atoms with Gasteiger partial charge in [0.05, 0.1) is 7.11 Å². The molecule has 0 amide bonds. The molecule has 2 heterocycles. The largest absolute Gasteiger partial charge is 0.492 e. The highest BCUT2D eigenvalue weighted by Gasteiger charge is 2.25. The van der Waals surface area contributed by atoms with E-state index in [1.807, 2.05) is 12.3 Å². The van der Waals surface area contributed by atoms with E-state index in [-0.39, 0.29) is 19.2 Å². The molecule has 16 heavy (non-hydrogen) atoms. The Kier molecular flexibility index (Phi) is 2.92. The van der Waals surface area contributed by atoms with Crippen molar-refractivity contribution >= 4 is 18.6 Å². The first-order valence-corrected chi connectivity index (χ1v) is 4.89. The van der Waals surface area contributed by atoms with Gasteiger partial charge >= 0.3 is 0 Å². The van der Waals surface area contributed by atoms with Crippen molar-refractivity contribution in [3.63, 3.8) is 0 Å². The van der Waals surface area contributed by atoms with Gasteiger partial charge < -0.3 is 14.2 Å². The maximum atomic E-state index is 5.38. The lowest BCUT2D eigenvalue weighted by molar-refractivity contribution is 0.171. The summed E-state index contributed by atoms with van der Waals surface area (Å²) in [4.78, 5) is 4.25. The predicted octanol–water partition coefficient (Wildman–Crippen LogP) is 1.82. The molecule has 0 spiro atoms. The van der Waals surface area contributed by atoms with Crippen LogP contribution in [0.4, 0.5) is 0 Å². The van der Waals surface area contributed by atoms with E-state index >= 15 is 0 Å². The van der Waals surface area contributed by atoms with Crippen molar-refractivity contribution in [2.24, 2.45) is 4.99 Å². The van der Waals surface area contributed by atoms with Crippen LogP contribution in [0.25, 0.3) is 0 Å². The summed E-state index contributed by atoms with van der Waals surface area (Å²) in [7, 11) is 1.64. The molecule has 0 N–H and O–H groups in total. The summed E-state index contributed by atoms with van der Waals surface area (Å²) in [6, 6.07) is 2.02. The van der Waals surface area contributed by atoms with Crippen molar-refractivity contribution in [1.29, 1.82) is 0 Å². The third kappa shape index (κ3) is 1.50. The standard InChI is InChI=1S/C11H11NO3.ClH/c1-13-10-8-5-12-3-2-7(8)4-9-11(10)15-6-14-9;/h4-5H,2-3,6H2,1H3;1H. The minimum absolute atomic E-state index is 0. The van der Waals surface area contributed by atoms with Gasteiger partial charge in [-0.3, -0.25) is 4.99 Å². The first kappa shape index (κ1) is 11.1. The van der Waals surface area contributed by atoms with Crippen molar-refractivity contribution in [2.75, 3.05) is 20.4 Å². The molecule has 0 atom stereocenters. The first-order valence-electron chi connectivity index (χ1n) is 4.89. The van der Waals surface area contributed by atoms with Gasteiger partial charge in [-0.05, 0) is 18.1 Å². The zero-order chi connectivity index (χ0) is 10.3. The lowest BCUT2D eigenvalue weighted by atomic mass is 10.0. The maximum Gasteiger partial charge on any atom is 0.231 e. The highest BCUT2D eigenvalue weighted by atomic mass is 35.5. The fourth-order valence-electron chi connectivity index (χ4n) is 1.97. The van der Waals surface area contributed by atoms with Crippen molar-refractivity contribution in [3.8, 4) is 17.2 Å². The van der Waals surface area contributed by atoms with Gasteiger partial charge in [0.1, 0.15) is 0 Å². The second-order valence-electron chi connectivity index (χ2n) is 3.50. The highest BCUT2D eigenvalue weighted by Crippen LogP contribution is 2.44. The van der Waals surface area contributed by atoms with Gasteiger partial charge in [0, 0.05) is 18.3 Å². The number of rotatable bonds is 1. The van der Waals surface area contributed by atoms with E-state index < -0.39 is 0 Å². The van der Waals surface area contributed by atoms with E-state index in [0.29, 0.717) is 5.75 Å². The van der Waals surface area contributed by atoms with Crippen molar-refractivity contribution < 1.29 is 14.2 Å². The smallest absolute Gasteiger partial charge is 0.231 e. The molecule has 0 fully saturated rings. The molecule has 0 saturated carbocycles. The Morgan fingerprint density at radius 1 is 1.38 bits per heavy atom. The molecule has 5 heteroatoms. The molecule has 2 aliphatic rings. The van der Waals surface area contributed by atoms with Crippen molar-refractivity contribution in [1.82, 2.24) is 0 Å². The number of fused-ring (bicyclic) bond motifs is 2. The summed E-state index contributed by atoms with van der Waals surface area (Å²) in [5.41, 5.74) is 2.24. The quantitative estimate of drug-likeness (QED) is 0.753. The van der Waals surface area contributed by atoms with Crippen molar-refractivity contribution in [2.45, 2.75) is 6.42 Å². The van der Waals surface area contributed by atoms with Crippen LogP contribution in [0, 0.1) is 0 Å². The maximum absolute atomic E-state index is 5.38. The lowest BCUT2D eigenvalue weighted by Crippen LogP contribution is -2.05. The number of ether oxygens (including phenoxy) is 3. The summed E-state index contributed by atoms with van der Waals surface area (Å²) in [6.07, 6.45) is 2.78. The Balaban J connectivity index is 0.000000963. The Bertz CT molecular complexity index is 445. The van der Waals surface area contributed by atoms with Crippen LogP contribution in [-0.4, -0.2) is 26.7 Å². The summed E-state index contributed by atoms with van der Waals surface area (Å²) in [5, 5.41) is 0. The molecule has 0 unspecified atom stereocenters. The fourth-order valence-corrected chi connectivity index (χ4v) is 1.97. The lowest BCUT2D eigenvalue weighted by Gasteiger charge is -2.15. The number of nitrogens with zero attached hydrogens (tertiary/aromatic N) is 1. The Labute approximate surface area is 99.6 Å². The number of aliphatic imine (C=N–C) groups is 1. The summed E-state index contributed by atoms with van der Waals surface area (Å²) >= 11 is 0. The molecule has 4 nitrogen and oxygen atoms in total. The fraction of sp³-hybridized carbons (Fsp3) is 0.364. The van der Waals surface area contributed by atoms with Crippen LogP contribution < -0.4 is 14.2 Å². The summed E-state index contributed by atoms with van der Waals surface area (Å²) in [6.45, 7) is 1.10. The second kappa shape index (κ2) is 4.22. The van der Waals surface area contributed by atoms with Gasteiger partial charge in [-0.25, -0.2) is 0 Å². The van der Waals surface area contributed by atoms with Crippen molar-refractivity contribution in [3.05, 3.63) is 17.2 Å². The van der Waals surface area contributed by atoms with Gasteiger partial charge in [0.2, 0.25) is 12.5 Å². The minimum Gasteiger partial charge on any atom is -0.492 e. The Hall–Kier alpha value is -1.42. The van der Waals surface area contributed by atoms with Crippen LogP contribution >= 0.6 is 12.4 Å². The molecule has 1 aromatic rings. The molecular formula is C11H12ClNO3. The van der Waals surface area contributed by atoms with Gasteiger partial charge in [-0.2, -0.15) is 0 Å². The SMILES string of the molecule is COc1c2c(cc3c1OCO3)CCN=C2.Cl. The van der Waals surface area contributed by atoms with Gasteiger partial charge in [-0.1, -0.05) is 0 Å². The number of hydrogen-bond donors (Lipinski definition) is 0. The molecule has 0 aromatic heterocycles. The monoisotopic (exact) mass is 241 g/mol. The van der Waals surface area contributed by atoms with Crippen LogP contribution in [0.1, 0.15) is 11.1 Å². The van der Waals surface area contributed by atoms with Crippen LogP contribution in [-0.2, 0) is 6.42 Å². The summed E-state index contributed by atoms with van der Waals surface area (Å²) < 4.78 is 16.1. The Morgan fingerprint density at radius 3 is 3.06 bits per heavy atom. The molecule has 3 rings (SSSR count). The topological polar surface area (TPSA) is 40.0 Å².